The van der Waals surface area contributed by atoms with E-state index in [2.05, 4.69) is 34.6 Å². The van der Waals surface area contributed by atoms with E-state index in [-0.39, 0.29) is 12.1 Å². The van der Waals surface area contributed by atoms with E-state index >= 15 is 0 Å². The van der Waals surface area contributed by atoms with Crippen molar-refractivity contribution in [2.45, 2.75) is 112 Å². The zero-order valence-corrected chi connectivity index (χ0v) is 20.1. The standard InChI is InChI=1S/C18H34N2O2.C4H10.C2H6/c1-3-5-6-9-18(4-2)10-14-20(15-11-18)17(22)19-12-7-16(21)8-13-19;1-4(2)3;1-2/h16,21H,3-15H2,1-2H3;4H,1-3H3;1-2H3. The van der Waals surface area contributed by atoms with Gasteiger partial charge in [0.2, 0.25) is 0 Å². The molecule has 0 bridgehead atoms. The molecule has 0 aliphatic carbocycles. The number of nitrogens with zero attached hydrogens (tertiary/aromatic N) is 2. The minimum atomic E-state index is -0.211. The van der Waals surface area contributed by atoms with Crippen molar-refractivity contribution in [3.05, 3.63) is 0 Å². The Kier molecular flexibility index (Phi) is 14.7. The molecule has 0 spiro atoms. The first kappa shape index (κ1) is 27.2. The van der Waals surface area contributed by atoms with Gasteiger partial charge in [-0.05, 0) is 43.4 Å². The molecule has 2 heterocycles. The third-order valence-electron chi connectivity index (χ3n) is 5.89. The normalized spacial score (nSPS) is 19.5. The molecule has 0 aromatic heterocycles. The Morgan fingerprint density at radius 1 is 0.964 bits per heavy atom. The average Bonchev–Trinajstić information content (AvgIpc) is 2.70. The number of rotatable bonds is 5. The SMILES string of the molecule is CC.CC(C)C.CCCCCC1(CC)CCN(C(=O)N2CCC(O)CC2)CC1. The second-order valence-electron chi connectivity index (χ2n) is 9.03. The molecule has 2 aliphatic heterocycles. The lowest BCUT2D eigenvalue weighted by molar-refractivity contribution is 0.0608. The highest BCUT2D eigenvalue weighted by molar-refractivity contribution is 5.74. The van der Waals surface area contributed by atoms with Gasteiger partial charge in [-0.2, -0.15) is 0 Å². The molecule has 1 N–H and O–H groups in total. The monoisotopic (exact) mass is 398 g/mol. The summed E-state index contributed by atoms with van der Waals surface area (Å²) in [5, 5.41) is 9.57. The van der Waals surface area contributed by atoms with E-state index in [0.29, 0.717) is 18.5 Å². The Labute approximate surface area is 176 Å². The van der Waals surface area contributed by atoms with Crippen LogP contribution in [0.15, 0.2) is 0 Å². The van der Waals surface area contributed by atoms with Crippen LogP contribution in [0.2, 0.25) is 0 Å². The van der Waals surface area contributed by atoms with Gasteiger partial charge in [-0.25, -0.2) is 4.79 Å². The van der Waals surface area contributed by atoms with Gasteiger partial charge < -0.3 is 14.9 Å². The highest BCUT2D eigenvalue weighted by atomic mass is 16.3. The van der Waals surface area contributed by atoms with Crippen LogP contribution >= 0.6 is 0 Å². The predicted octanol–water partition coefficient (Wildman–Crippen LogP) is 6.32. The van der Waals surface area contributed by atoms with Gasteiger partial charge >= 0.3 is 6.03 Å². The minimum absolute atomic E-state index is 0.199. The predicted molar refractivity (Wildman–Crippen MR) is 122 cm³/mol. The van der Waals surface area contributed by atoms with E-state index in [1.165, 1.54) is 32.1 Å². The molecule has 0 aromatic carbocycles. The van der Waals surface area contributed by atoms with E-state index in [0.717, 1.165) is 44.7 Å². The Morgan fingerprint density at radius 3 is 1.86 bits per heavy atom. The summed E-state index contributed by atoms with van der Waals surface area (Å²) in [6, 6.07) is 0.199. The maximum absolute atomic E-state index is 12.6. The van der Waals surface area contributed by atoms with Gasteiger partial charge in [0.05, 0.1) is 6.10 Å². The Morgan fingerprint density at radius 2 is 1.43 bits per heavy atom. The summed E-state index contributed by atoms with van der Waals surface area (Å²) in [4.78, 5) is 16.6. The summed E-state index contributed by atoms with van der Waals surface area (Å²) in [6.45, 7) is 18.3. The molecule has 0 saturated carbocycles. The first-order valence-electron chi connectivity index (χ1n) is 12.1. The van der Waals surface area contributed by atoms with Gasteiger partial charge in [0.1, 0.15) is 0 Å². The summed E-state index contributed by atoms with van der Waals surface area (Å²) >= 11 is 0. The fraction of sp³-hybridized carbons (Fsp3) is 0.958. The quantitative estimate of drug-likeness (QED) is 0.550. The van der Waals surface area contributed by atoms with Crippen LogP contribution in [0.1, 0.15) is 106 Å². The smallest absolute Gasteiger partial charge is 0.320 e. The lowest BCUT2D eigenvalue weighted by Gasteiger charge is -2.43. The molecule has 2 aliphatic rings. The number of unbranched alkanes of at least 4 members (excludes halogenated alkanes) is 2. The fourth-order valence-electron chi connectivity index (χ4n) is 3.96. The highest BCUT2D eigenvalue weighted by Crippen LogP contribution is 2.40. The van der Waals surface area contributed by atoms with E-state index in [9.17, 15) is 9.90 Å². The molecule has 0 radical (unpaired) electrons. The minimum Gasteiger partial charge on any atom is -0.393 e. The van der Waals surface area contributed by atoms with E-state index in [1.807, 2.05) is 23.6 Å². The van der Waals surface area contributed by atoms with Crippen molar-refractivity contribution in [3.63, 3.8) is 0 Å². The number of hydrogen-bond donors (Lipinski definition) is 1. The molecule has 2 rings (SSSR count). The van der Waals surface area contributed by atoms with Crippen LogP contribution in [0, 0.1) is 11.3 Å². The van der Waals surface area contributed by atoms with Crippen molar-refractivity contribution in [2.24, 2.45) is 11.3 Å². The average molecular weight is 399 g/mol. The highest BCUT2D eigenvalue weighted by Gasteiger charge is 2.35. The van der Waals surface area contributed by atoms with Crippen LogP contribution in [0.3, 0.4) is 0 Å². The zero-order chi connectivity index (χ0) is 21.6. The number of hydrogen-bond acceptors (Lipinski definition) is 2. The molecule has 0 unspecified atom stereocenters. The Bertz CT molecular complexity index is 379. The molecule has 4 nitrogen and oxygen atoms in total. The van der Waals surface area contributed by atoms with Crippen LogP contribution in [-0.4, -0.2) is 53.2 Å². The third-order valence-corrected chi connectivity index (χ3v) is 5.89. The number of carbonyl (C=O) groups is 1. The van der Waals surface area contributed by atoms with Crippen LogP contribution < -0.4 is 0 Å². The maximum Gasteiger partial charge on any atom is 0.320 e. The topological polar surface area (TPSA) is 43.8 Å². The van der Waals surface area contributed by atoms with E-state index in [4.69, 9.17) is 0 Å². The van der Waals surface area contributed by atoms with Gasteiger partial charge in [-0.3, -0.25) is 0 Å². The lowest BCUT2D eigenvalue weighted by Crippen LogP contribution is -2.51. The number of aliphatic hydroxyl groups excluding tert-OH is 1. The molecule has 0 atom stereocenters. The molecule has 2 amide bonds. The van der Waals surface area contributed by atoms with Crippen molar-refractivity contribution in [2.75, 3.05) is 26.2 Å². The Balaban J connectivity index is 0.00000108. The van der Waals surface area contributed by atoms with Crippen LogP contribution in [0.5, 0.6) is 0 Å². The number of aliphatic hydroxyl groups is 1. The summed E-state index contributed by atoms with van der Waals surface area (Å²) < 4.78 is 0. The lowest BCUT2D eigenvalue weighted by atomic mass is 9.72. The number of amides is 2. The van der Waals surface area contributed by atoms with Crippen LogP contribution in [0.4, 0.5) is 4.79 Å². The summed E-state index contributed by atoms with van der Waals surface area (Å²) in [5.41, 5.74) is 0.476. The summed E-state index contributed by atoms with van der Waals surface area (Å²) in [5.74, 6) is 0.833. The number of piperidine rings is 2. The Hall–Kier alpha value is -0.770. The van der Waals surface area contributed by atoms with Gasteiger partial charge in [-0.15, -0.1) is 0 Å². The third kappa shape index (κ3) is 10.1. The molecule has 2 saturated heterocycles. The fourth-order valence-corrected chi connectivity index (χ4v) is 3.96. The largest absolute Gasteiger partial charge is 0.393 e. The summed E-state index contributed by atoms with van der Waals surface area (Å²) in [7, 11) is 0. The van der Waals surface area contributed by atoms with Crippen molar-refractivity contribution < 1.29 is 9.90 Å². The molecule has 28 heavy (non-hydrogen) atoms. The van der Waals surface area contributed by atoms with E-state index < -0.39 is 0 Å². The molecular formula is C24H50N2O2. The van der Waals surface area contributed by atoms with Gasteiger partial charge in [0.25, 0.3) is 0 Å². The first-order valence-corrected chi connectivity index (χ1v) is 12.1. The molecular weight excluding hydrogens is 348 g/mol. The second kappa shape index (κ2) is 15.1. The van der Waals surface area contributed by atoms with Gasteiger partial charge in [0.15, 0.2) is 0 Å². The number of likely N-dealkylation sites (tertiary alicyclic amines) is 2. The molecule has 4 heteroatoms. The maximum atomic E-state index is 12.6. The molecule has 168 valence electrons. The van der Waals surface area contributed by atoms with Crippen molar-refractivity contribution in [1.82, 2.24) is 9.80 Å². The second-order valence-corrected chi connectivity index (χ2v) is 9.03. The molecule has 0 aromatic rings. The van der Waals surface area contributed by atoms with Crippen molar-refractivity contribution >= 4 is 6.03 Å². The van der Waals surface area contributed by atoms with Crippen molar-refractivity contribution in [1.29, 1.82) is 0 Å². The molecule has 2 fully saturated rings. The summed E-state index contributed by atoms with van der Waals surface area (Å²) in [6.07, 6.45) is 10.1. The number of urea groups is 1. The van der Waals surface area contributed by atoms with Gasteiger partial charge in [0, 0.05) is 26.2 Å². The van der Waals surface area contributed by atoms with Crippen LogP contribution in [0.25, 0.3) is 0 Å². The van der Waals surface area contributed by atoms with Crippen LogP contribution in [-0.2, 0) is 0 Å². The van der Waals surface area contributed by atoms with Gasteiger partial charge in [-0.1, -0.05) is 74.1 Å². The zero-order valence-electron chi connectivity index (χ0n) is 20.1. The van der Waals surface area contributed by atoms with E-state index in [1.54, 1.807) is 0 Å². The first-order chi connectivity index (χ1) is 13.3. The van der Waals surface area contributed by atoms with Crippen molar-refractivity contribution in [3.8, 4) is 0 Å². The number of carbonyl (C=O) groups excluding carboxylic acids is 1.